The van der Waals surface area contributed by atoms with Gasteiger partial charge >= 0.3 is 6.03 Å². The predicted octanol–water partition coefficient (Wildman–Crippen LogP) is 2.16. The van der Waals surface area contributed by atoms with Crippen LogP contribution in [-0.4, -0.2) is 38.8 Å². The molecule has 0 bridgehead atoms. The second-order valence-electron chi connectivity index (χ2n) is 6.08. The van der Waals surface area contributed by atoms with Crippen LogP contribution in [0.15, 0.2) is 70.5 Å². The molecule has 0 atom stereocenters. The molecule has 29 heavy (non-hydrogen) atoms. The Labute approximate surface area is 174 Å². The van der Waals surface area contributed by atoms with Crippen LogP contribution in [0.4, 0.5) is 4.79 Å². The van der Waals surface area contributed by atoms with E-state index in [1.54, 1.807) is 54.0 Å². The number of carbonyl (C=O) groups is 3. The molecule has 2 heterocycles. The second kappa shape index (κ2) is 8.02. The number of hydrazine groups is 1. The summed E-state index contributed by atoms with van der Waals surface area (Å²) in [6.07, 6.45) is 0. The van der Waals surface area contributed by atoms with Crippen LogP contribution in [0, 0.1) is 0 Å². The van der Waals surface area contributed by atoms with E-state index in [0.717, 1.165) is 5.01 Å². The highest BCUT2D eigenvalue weighted by Crippen LogP contribution is 2.35. The Hall–Kier alpha value is -3.24. The fraction of sp³-hybridized carbons (Fsp3) is 0.105. The van der Waals surface area contributed by atoms with Crippen LogP contribution in [0.1, 0.15) is 11.1 Å². The third-order valence-corrected chi connectivity index (χ3v) is 6.20. The summed E-state index contributed by atoms with van der Waals surface area (Å²) in [6, 6.07) is 17.2. The molecule has 0 aliphatic carbocycles. The van der Waals surface area contributed by atoms with E-state index in [9.17, 15) is 14.4 Å². The fourth-order valence-electron chi connectivity index (χ4n) is 3.08. The number of nitrogens with zero attached hydrogens (tertiary/aromatic N) is 3. The number of carbonyl (C=O) groups excluding carboxylic acids is 3. The summed E-state index contributed by atoms with van der Waals surface area (Å²) in [5.74, 6) is -1.07. The molecule has 0 saturated carbocycles. The first kappa shape index (κ1) is 19.1. The zero-order chi connectivity index (χ0) is 20.3. The highest BCUT2D eigenvalue weighted by atomic mass is 32.2. The average Bonchev–Trinajstić information content (AvgIpc) is 3.36. The summed E-state index contributed by atoms with van der Waals surface area (Å²) >= 11 is 2.48. The van der Waals surface area contributed by atoms with E-state index < -0.39 is 23.4 Å². The Balaban J connectivity index is 1.61. The zero-order valence-corrected chi connectivity index (χ0v) is 16.6. The molecule has 1 saturated heterocycles. The van der Waals surface area contributed by atoms with Gasteiger partial charge in [0.2, 0.25) is 5.91 Å². The Morgan fingerprint density at radius 2 is 1.69 bits per heavy atom. The molecule has 1 aliphatic rings. The molecule has 146 valence electrons. The Kier molecular flexibility index (Phi) is 5.28. The minimum atomic E-state index is -1.42. The minimum Gasteiger partial charge on any atom is -0.314 e. The van der Waals surface area contributed by atoms with Gasteiger partial charge in [-0.2, -0.15) is 5.01 Å². The van der Waals surface area contributed by atoms with E-state index in [1.165, 1.54) is 23.1 Å². The standard InChI is InChI=1S/C19H15N5O3S2/c25-15(11-28-18-22-20-12-29-18)23-24-16(26)19(21-17(24)27,13-7-3-1-4-8-13)14-9-5-2-6-10-14/h1-10,12H,11H2,(H,21,27)(H,23,25). The van der Waals surface area contributed by atoms with Crippen molar-refractivity contribution in [1.82, 2.24) is 25.9 Å². The third kappa shape index (κ3) is 3.59. The minimum absolute atomic E-state index is 0.00404. The summed E-state index contributed by atoms with van der Waals surface area (Å²) in [5.41, 5.74) is 3.75. The van der Waals surface area contributed by atoms with Crippen molar-refractivity contribution >= 4 is 40.9 Å². The van der Waals surface area contributed by atoms with Gasteiger partial charge in [0.05, 0.1) is 5.75 Å². The van der Waals surface area contributed by atoms with Crippen molar-refractivity contribution < 1.29 is 14.4 Å². The van der Waals surface area contributed by atoms with Crippen molar-refractivity contribution in [2.45, 2.75) is 9.88 Å². The lowest BCUT2D eigenvalue weighted by molar-refractivity contribution is -0.137. The van der Waals surface area contributed by atoms with Gasteiger partial charge in [0.25, 0.3) is 5.91 Å². The average molecular weight is 425 g/mol. The number of thioether (sulfide) groups is 1. The third-order valence-electron chi connectivity index (χ3n) is 4.34. The van der Waals surface area contributed by atoms with Gasteiger partial charge in [-0.15, -0.1) is 10.2 Å². The quantitative estimate of drug-likeness (QED) is 0.463. The van der Waals surface area contributed by atoms with E-state index in [-0.39, 0.29) is 5.75 Å². The van der Waals surface area contributed by atoms with Gasteiger partial charge < -0.3 is 5.32 Å². The maximum Gasteiger partial charge on any atom is 0.344 e. The van der Waals surface area contributed by atoms with Crippen molar-refractivity contribution in [3.8, 4) is 0 Å². The van der Waals surface area contributed by atoms with E-state index >= 15 is 0 Å². The van der Waals surface area contributed by atoms with Crippen LogP contribution in [0.5, 0.6) is 0 Å². The summed E-state index contributed by atoms with van der Waals surface area (Å²) in [4.78, 5) is 38.4. The summed E-state index contributed by atoms with van der Waals surface area (Å²) in [5, 5.41) is 11.1. The number of aromatic nitrogens is 2. The molecule has 0 spiro atoms. The van der Waals surface area contributed by atoms with Crippen LogP contribution < -0.4 is 10.7 Å². The Morgan fingerprint density at radius 3 is 2.24 bits per heavy atom. The van der Waals surface area contributed by atoms with Gasteiger partial charge in [-0.05, 0) is 11.1 Å². The molecule has 1 aromatic heterocycles. The summed E-state index contributed by atoms with van der Waals surface area (Å²) in [6.45, 7) is 0. The molecule has 2 aromatic carbocycles. The molecule has 2 N–H and O–H groups in total. The molecule has 4 rings (SSSR count). The van der Waals surface area contributed by atoms with Crippen LogP contribution >= 0.6 is 23.1 Å². The molecule has 8 nitrogen and oxygen atoms in total. The normalized spacial score (nSPS) is 15.2. The maximum atomic E-state index is 13.4. The largest absolute Gasteiger partial charge is 0.344 e. The van der Waals surface area contributed by atoms with Crippen molar-refractivity contribution in [2.75, 3.05) is 5.75 Å². The second-order valence-corrected chi connectivity index (χ2v) is 8.14. The van der Waals surface area contributed by atoms with Crippen LogP contribution in [-0.2, 0) is 15.1 Å². The molecule has 0 unspecified atom stereocenters. The van der Waals surface area contributed by atoms with Gasteiger partial charge in [-0.3, -0.25) is 15.0 Å². The van der Waals surface area contributed by atoms with Crippen molar-refractivity contribution in [1.29, 1.82) is 0 Å². The Morgan fingerprint density at radius 1 is 1.07 bits per heavy atom. The number of urea groups is 1. The number of benzene rings is 2. The van der Waals surface area contributed by atoms with Gasteiger partial charge in [0.15, 0.2) is 9.88 Å². The van der Waals surface area contributed by atoms with E-state index in [2.05, 4.69) is 20.9 Å². The monoisotopic (exact) mass is 425 g/mol. The van der Waals surface area contributed by atoms with Crippen LogP contribution in [0.3, 0.4) is 0 Å². The van der Waals surface area contributed by atoms with Gasteiger partial charge in [-0.25, -0.2) is 4.79 Å². The van der Waals surface area contributed by atoms with E-state index in [4.69, 9.17) is 0 Å². The predicted molar refractivity (Wildman–Crippen MR) is 108 cm³/mol. The molecular formula is C19H15N5O3S2. The summed E-state index contributed by atoms with van der Waals surface area (Å²) in [7, 11) is 0. The van der Waals surface area contributed by atoms with Gasteiger partial charge in [0.1, 0.15) is 5.51 Å². The lowest BCUT2D eigenvalue weighted by atomic mass is 9.83. The molecular weight excluding hydrogens is 410 g/mol. The lowest BCUT2D eigenvalue weighted by Crippen LogP contribution is -2.49. The summed E-state index contributed by atoms with van der Waals surface area (Å²) < 4.78 is 0.625. The first-order valence-corrected chi connectivity index (χ1v) is 10.4. The van der Waals surface area contributed by atoms with Gasteiger partial charge in [0, 0.05) is 0 Å². The molecule has 1 fully saturated rings. The van der Waals surface area contributed by atoms with Crippen LogP contribution in [0.2, 0.25) is 0 Å². The molecule has 4 amide bonds. The van der Waals surface area contributed by atoms with Crippen molar-refractivity contribution in [3.63, 3.8) is 0 Å². The molecule has 3 aromatic rings. The van der Waals surface area contributed by atoms with Crippen LogP contribution in [0.25, 0.3) is 0 Å². The fourth-order valence-corrected chi connectivity index (χ4v) is 4.36. The lowest BCUT2D eigenvalue weighted by Gasteiger charge is -2.27. The first-order chi connectivity index (χ1) is 14.1. The number of nitrogens with one attached hydrogen (secondary N) is 2. The van der Waals surface area contributed by atoms with E-state index in [1.807, 2.05) is 12.1 Å². The molecule has 10 heteroatoms. The number of hydrogen-bond donors (Lipinski definition) is 2. The number of rotatable bonds is 6. The highest BCUT2D eigenvalue weighted by molar-refractivity contribution is 8.01. The Bertz CT molecular complexity index is 989. The van der Waals surface area contributed by atoms with E-state index in [0.29, 0.717) is 15.5 Å². The first-order valence-electron chi connectivity index (χ1n) is 8.57. The van der Waals surface area contributed by atoms with Crippen molar-refractivity contribution in [2.24, 2.45) is 0 Å². The number of imide groups is 1. The zero-order valence-electron chi connectivity index (χ0n) is 14.9. The molecule has 0 radical (unpaired) electrons. The SMILES string of the molecule is O=C(CSc1nncs1)NN1C(=O)NC(c2ccccc2)(c2ccccc2)C1=O. The number of amides is 4. The highest BCUT2D eigenvalue weighted by Gasteiger charge is 2.54. The number of hydrogen-bond acceptors (Lipinski definition) is 7. The maximum absolute atomic E-state index is 13.4. The van der Waals surface area contributed by atoms with Crippen molar-refractivity contribution in [3.05, 3.63) is 77.3 Å². The van der Waals surface area contributed by atoms with Gasteiger partial charge in [-0.1, -0.05) is 83.8 Å². The topological polar surface area (TPSA) is 104 Å². The molecule has 1 aliphatic heterocycles. The smallest absolute Gasteiger partial charge is 0.314 e.